The zero-order chi connectivity index (χ0) is 17.9. The molecule has 2 unspecified atom stereocenters. The molecule has 7 heteroatoms. The van der Waals surface area contributed by atoms with E-state index < -0.39 is 16.6 Å². The monoisotopic (exact) mass is 366 g/mol. The molecule has 0 rings (SSSR count). The standard InChI is InChI=1S/C16H38O5Si2/c1-15(17)13-19-9-7-11-22(3,4)21-23(5,6)12-8-10-20-14-16(2)18/h15-18H,7-14H2,1-6H3. The summed E-state index contributed by atoms with van der Waals surface area (Å²) in [5.41, 5.74) is 0. The Morgan fingerprint density at radius 3 is 1.39 bits per heavy atom. The fourth-order valence-electron chi connectivity index (χ4n) is 2.56. The summed E-state index contributed by atoms with van der Waals surface area (Å²) in [5, 5.41) is 18.3. The van der Waals surface area contributed by atoms with Crippen LogP contribution < -0.4 is 0 Å². The predicted octanol–water partition coefficient (Wildman–Crippen LogP) is 2.99. The van der Waals surface area contributed by atoms with Crippen molar-refractivity contribution in [3.8, 4) is 0 Å². The highest BCUT2D eigenvalue weighted by molar-refractivity contribution is 6.84. The third kappa shape index (κ3) is 15.5. The Labute approximate surface area is 144 Å². The van der Waals surface area contributed by atoms with Crippen LogP contribution in [0.5, 0.6) is 0 Å². The first kappa shape index (κ1) is 23.2. The molecule has 0 saturated carbocycles. The highest BCUT2D eigenvalue weighted by Crippen LogP contribution is 2.23. The lowest BCUT2D eigenvalue weighted by Gasteiger charge is -2.34. The van der Waals surface area contributed by atoms with Gasteiger partial charge in [-0.1, -0.05) is 0 Å². The molecule has 0 spiro atoms. The van der Waals surface area contributed by atoms with Gasteiger partial charge in [-0.3, -0.25) is 0 Å². The van der Waals surface area contributed by atoms with E-state index in [1.165, 1.54) is 0 Å². The van der Waals surface area contributed by atoms with Crippen LogP contribution in [0.2, 0.25) is 38.3 Å². The average Bonchev–Trinajstić information content (AvgIpc) is 2.35. The molecular weight excluding hydrogens is 328 g/mol. The highest BCUT2D eigenvalue weighted by atomic mass is 28.4. The number of hydrogen-bond donors (Lipinski definition) is 2. The number of rotatable bonds is 14. The molecule has 0 saturated heterocycles. The zero-order valence-electron chi connectivity index (χ0n) is 15.9. The molecule has 0 aliphatic rings. The van der Waals surface area contributed by atoms with Crippen LogP contribution in [0.15, 0.2) is 0 Å². The topological polar surface area (TPSA) is 68.2 Å². The van der Waals surface area contributed by atoms with Crippen LogP contribution in [0.25, 0.3) is 0 Å². The molecule has 23 heavy (non-hydrogen) atoms. The van der Waals surface area contributed by atoms with Gasteiger partial charge >= 0.3 is 0 Å². The molecule has 0 aromatic carbocycles. The van der Waals surface area contributed by atoms with E-state index in [0.717, 1.165) is 24.9 Å². The SMILES string of the molecule is CC(O)COCCC[Si](C)(C)O[Si](C)(C)CCCOCC(C)O. The Hall–Kier alpha value is 0.234. The van der Waals surface area contributed by atoms with Crippen LogP contribution in [0.3, 0.4) is 0 Å². The molecule has 0 amide bonds. The number of aliphatic hydroxyl groups is 2. The maximum Gasteiger partial charge on any atom is 0.173 e. The molecule has 140 valence electrons. The maximum atomic E-state index is 9.16. The van der Waals surface area contributed by atoms with E-state index in [4.69, 9.17) is 23.8 Å². The Bertz CT molecular complexity index is 268. The maximum absolute atomic E-state index is 9.16. The number of hydrogen-bond acceptors (Lipinski definition) is 5. The summed E-state index contributed by atoms with van der Waals surface area (Å²) in [5.74, 6) is 0. The van der Waals surface area contributed by atoms with Crippen molar-refractivity contribution in [3.05, 3.63) is 0 Å². The minimum absolute atomic E-state index is 0.390. The van der Waals surface area contributed by atoms with Crippen molar-refractivity contribution in [2.75, 3.05) is 26.4 Å². The van der Waals surface area contributed by atoms with Crippen molar-refractivity contribution >= 4 is 16.6 Å². The first-order valence-corrected chi connectivity index (χ1v) is 15.0. The van der Waals surface area contributed by atoms with Crippen molar-refractivity contribution in [1.82, 2.24) is 0 Å². The van der Waals surface area contributed by atoms with Gasteiger partial charge in [0.1, 0.15) is 0 Å². The van der Waals surface area contributed by atoms with Crippen LogP contribution in [0.1, 0.15) is 26.7 Å². The number of ether oxygens (including phenoxy) is 2. The molecule has 0 aromatic heterocycles. The smallest absolute Gasteiger partial charge is 0.173 e. The van der Waals surface area contributed by atoms with E-state index in [9.17, 15) is 0 Å². The van der Waals surface area contributed by atoms with Crippen LogP contribution >= 0.6 is 0 Å². The highest BCUT2D eigenvalue weighted by Gasteiger charge is 2.32. The van der Waals surface area contributed by atoms with Gasteiger partial charge in [-0.15, -0.1) is 0 Å². The van der Waals surface area contributed by atoms with Gasteiger partial charge in [0.25, 0.3) is 0 Å². The van der Waals surface area contributed by atoms with Gasteiger partial charge in [-0.25, -0.2) is 0 Å². The third-order valence-electron chi connectivity index (χ3n) is 3.41. The summed E-state index contributed by atoms with van der Waals surface area (Å²) in [7, 11) is -3.33. The van der Waals surface area contributed by atoms with Crippen molar-refractivity contribution < 1.29 is 23.8 Å². The molecule has 2 N–H and O–H groups in total. The molecule has 0 aliphatic heterocycles. The van der Waals surface area contributed by atoms with Gasteiger partial charge in [0.2, 0.25) is 0 Å². The average molecular weight is 367 g/mol. The van der Waals surface area contributed by atoms with Gasteiger partial charge in [0, 0.05) is 13.2 Å². The van der Waals surface area contributed by atoms with Crippen LogP contribution in [-0.4, -0.2) is 65.5 Å². The zero-order valence-corrected chi connectivity index (χ0v) is 17.9. The molecule has 5 nitrogen and oxygen atoms in total. The summed E-state index contributed by atoms with van der Waals surface area (Å²) in [6.45, 7) is 14.8. The minimum Gasteiger partial charge on any atom is -0.455 e. The minimum atomic E-state index is -1.66. The Kier molecular flexibility index (Phi) is 11.8. The van der Waals surface area contributed by atoms with Crippen molar-refractivity contribution in [2.45, 2.75) is 77.2 Å². The predicted molar refractivity (Wildman–Crippen MR) is 99.9 cm³/mol. The quantitative estimate of drug-likeness (QED) is 0.365. The van der Waals surface area contributed by atoms with E-state index in [1.54, 1.807) is 13.8 Å². The summed E-state index contributed by atoms with van der Waals surface area (Å²) in [6.07, 6.45) is 1.21. The molecular formula is C16H38O5Si2. The summed E-state index contributed by atoms with van der Waals surface area (Å²) in [6, 6.07) is 2.17. The van der Waals surface area contributed by atoms with Crippen molar-refractivity contribution in [2.24, 2.45) is 0 Å². The Morgan fingerprint density at radius 2 is 1.09 bits per heavy atom. The largest absolute Gasteiger partial charge is 0.455 e. The molecule has 0 aromatic rings. The number of aliphatic hydroxyl groups excluding tert-OH is 2. The summed E-state index contributed by atoms with van der Waals surface area (Å²) in [4.78, 5) is 0. The molecule has 0 heterocycles. The fraction of sp³-hybridized carbons (Fsp3) is 1.00. The van der Waals surface area contributed by atoms with E-state index in [2.05, 4.69) is 26.2 Å². The lowest BCUT2D eigenvalue weighted by Crippen LogP contribution is -2.44. The second kappa shape index (κ2) is 11.7. The molecule has 0 bridgehead atoms. The van der Waals surface area contributed by atoms with E-state index in [-0.39, 0.29) is 12.2 Å². The summed E-state index contributed by atoms with van der Waals surface area (Å²) < 4.78 is 17.4. The van der Waals surface area contributed by atoms with Gasteiger partial charge < -0.3 is 23.8 Å². The lowest BCUT2D eigenvalue weighted by atomic mass is 10.4. The molecule has 0 aliphatic carbocycles. The van der Waals surface area contributed by atoms with Crippen molar-refractivity contribution in [3.63, 3.8) is 0 Å². The van der Waals surface area contributed by atoms with Crippen LogP contribution in [0.4, 0.5) is 0 Å². The van der Waals surface area contributed by atoms with E-state index >= 15 is 0 Å². The second-order valence-electron chi connectivity index (χ2n) is 7.68. The van der Waals surface area contributed by atoms with Gasteiger partial charge in [0.05, 0.1) is 25.4 Å². The Morgan fingerprint density at radius 1 is 0.739 bits per heavy atom. The first-order chi connectivity index (χ1) is 10.5. The second-order valence-corrected chi connectivity index (χ2v) is 16.5. The van der Waals surface area contributed by atoms with E-state index in [1.807, 2.05) is 0 Å². The summed E-state index contributed by atoms with van der Waals surface area (Å²) >= 11 is 0. The molecule has 2 atom stereocenters. The third-order valence-corrected chi connectivity index (χ3v) is 10.9. The molecule has 0 radical (unpaired) electrons. The normalized spacial score (nSPS) is 15.7. The Balaban J connectivity index is 3.90. The van der Waals surface area contributed by atoms with Gasteiger partial charge in [0.15, 0.2) is 16.6 Å². The van der Waals surface area contributed by atoms with Crippen LogP contribution in [0, 0.1) is 0 Å². The molecule has 0 fully saturated rings. The fourth-order valence-corrected chi connectivity index (χ4v) is 11.3. The first-order valence-electron chi connectivity index (χ1n) is 8.76. The van der Waals surface area contributed by atoms with Gasteiger partial charge in [-0.05, 0) is 65.0 Å². The van der Waals surface area contributed by atoms with Gasteiger partial charge in [-0.2, -0.15) is 0 Å². The van der Waals surface area contributed by atoms with Crippen molar-refractivity contribution in [1.29, 1.82) is 0 Å². The van der Waals surface area contributed by atoms with Crippen LogP contribution in [-0.2, 0) is 13.6 Å². The van der Waals surface area contributed by atoms with E-state index in [0.29, 0.717) is 26.4 Å². The lowest BCUT2D eigenvalue weighted by molar-refractivity contribution is 0.0462.